The highest BCUT2D eigenvalue weighted by Gasteiger charge is 2.00. The SMILES string of the molecule is O=Nc1ccc(Nc2ccc(Cl)c(Cl)c2)cc1. The molecule has 0 aromatic heterocycles. The summed E-state index contributed by atoms with van der Waals surface area (Å²) in [7, 11) is 0. The van der Waals surface area contributed by atoms with Crippen LogP contribution in [0.2, 0.25) is 10.0 Å². The molecule has 0 heterocycles. The summed E-state index contributed by atoms with van der Waals surface area (Å²) in [6.45, 7) is 0. The van der Waals surface area contributed by atoms with Crippen molar-refractivity contribution < 1.29 is 0 Å². The predicted molar refractivity (Wildman–Crippen MR) is 71.6 cm³/mol. The second-order valence-corrected chi connectivity index (χ2v) is 4.21. The third-order valence-corrected chi connectivity index (χ3v) is 2.92. The summed E-state index contributed by atoms with van der Waals surface area (Å²) in [5, 5.41) is 6.97. The Morgan fingerprint density at radius 3 is 2.12 bits per heavy atom. The molecule has 0 saturated carbocycles. The first-order valence-corrected chi connectivity index (χ1v) is 5.60. The Balaban J connectivity index is 2.19. The van der Waals surface area contributed by atoms with Gasteiger partial charge in [-0.2, -0.15) is 0 Å². The van der Waals surface area contributed by atoms with Crippen molar-refractivity contribution in [2.75, 3.05) is 5.32 Å². The van der Waals surface area contributed by atoms with E-state index in [4.69, 9.17) is 23.2 Å². The molecule has 0 saturated heterocycles. The van der Waals surface area contributed by atoms with Crippen LogP contribution in [0.3, 0.4) is 0 Å². The summed E-state index contributed by atoms with van der Waals surface area (Å²) in [6, 6.07) is 12.1. The molecule has 0 aliphatic rings. The van der Waals surface area contributed by atoms with Crippen LogP contribution in [0.25, 0.3) is 0 Å². The second-order valence-electron chi connectivity index (χ2n) is 3.39. The molecule has 17 heavy (non-hydrogen) atoms. The van der Waals surface area contributed by atoms with Gasteiger partial charge < -0.3 is 5.32 Å². The molecule has 0 aliphatic heterocycles. The fourth-order valence-electron chi connectivity index (χ4n) is 1.35. The quantitative estimate of drug-likeness (QED) is 0.782. The maximum absolute atomic E-state index is 10.3. The zero-order valence-electron chi connectivity index (χ0n) is 8.65. The van der Waals surface area contributed by atoms with Gasteiger partial charge in [0.05, 0.1) is 10.0 Å². The van der Waals surface area contributed by atoms with Gasteiger partial charge in [-0.25, -0.2) is 0 Å². The summed E-state index contributed by atoms with van der Waals surface area (Å²) in [4.78, 5) is 10.3. The summed E-state index contributed by atoms with van der Waals surface area (Å²) in [6.07, 6.45) is 0. The van der Waals surface area contributed by atoms with Gasteiger partial charge in [0.1, 0.15) is 5.69 Å². The van der Waals surface area contributed by atoms with E-state index in [1.54, 1.807) is 36.4 Å². The van der Waals surface area contributed by atoms with Crippen LogP contribution in [-0.2, 0) is 0 Å². The van der Waals surface area contributed by atoms with Crippen molar-refractivity contribution in [3.8, 4) is 0 Å². The maximum Gasteiger partial charge on any atom is 0.108 e. The summed E-state index contributed by atoms with van der Waals surface area (Å²) in [5.41, 5.74) is 2.06. The van der Waals surface area contributed by atoms with Gasteiger partial charge in [0.15, 0.2) is 0 Å². The Morgan fingerprint density at radius 1 is 0.882 bits per heavy atom. The van der Waals surface area contributed by atoms with Crippen molar-refractivity contribution in [2.24, 2.45) is 5.18 Å². The number of anilines is 2. The van der Waals surface area contributed by atoms with E-state index in [9.17, 15) is 4.91 Å². The third kappa shape index (κ3) is 2.96. The standard InChI is InChI=1S/C12H8Cl2N2O/c13-11-6-5-10(7-12(11)14)15-8-1-3-9(16-17)4-2-8/h1-7,15H. The van der Waals surface area contributed by atoms with E-state index in [1.165, 1.54) is 0 Å². The van der Waals surface area contributed by atoms with Crippen molar-refractivity contribution in [1.82, 2.24) is 0 Å². The minimum Gasteiger partial charge on any atom is -0.355 e. The molecular formula is C12H8Cl2N2O. The van der Waals surface area contributed by atoms with Crippen LogP contribution >= 0.6 is 23.2 Å². The Labute approximate surface area is 108 Å². The van der Waals surface area contributed by atoms with Crippen LogP contribution in [0.1, 0.15) is 0 Å². The minimum atomic E-state index is 0.393. The molecule has 0 fully saturated rings. The molecule has 0 spiro atoms. The van der Waals surface area contributed by atoms with Crippen molar-refractivity contribution >= 4 is 40.3 Å². The number of benzene rings is 2. The van der Waals surface area contributed by atoms with Crippen LogP contribution in [0.15, 0.2) is 47.6 Å². The monoisotopic (exact) mass is 266 g/mol. The lowest BCUT2D eigenvalue weighted by molar-refractivity contribution is 1.48. The molecule has 5 heteroatoms. The molecule has 0 unspecified atom stereocenters. The normalized spacial score (nSPS) is 10.0. The van der Waals surface area contributed by atoms with Crippen molar-refractivity contribution in [3.05, 3.63) is 57.4 Å². The van der Waals surface area contributed by atoms with Crippen LogP contribution in [0.5, 0.6) is 0 Å². The first-order chi connectivity index (χ1) is 8.19. The zero-order chi connectivity index (χ0) is 12.3. The number of nitrogens with one attached hydrogen (secondary N) is 1. The Hall–Kier alpha value is -1.58. The smallest absolute Gasteiger partial charge is 0.108 e. The largest absolute Gasteiger partial charge is 0.355 e. The van der Waals surface area contributed by atoms with E-state index in [-0.39, 0.29) is 0 Å². The highest BCUT2D eigenvalue weighted by molar-refractivity contribution is 6.42. The first kappa shape index (κ1) is 11.9. The number of nitroso groups, excluding NO2 is 1. The van der Waals surface area contributed by atoms with Gasteiger partial charge in [0.2, 0.25) is 0 Å². The molecular weight excluding hydrogens is 259 g/mol. The molecule has 2 rings (SSSR count). The summed E-state index contributed by atoms with van der Waals surface area (Å²) >= 11 is 11.7. The van der Waals surface area contributed by atoms with Gasteiger partial charge in [-0.1, -0.05) is 23.2 Å². The molecule has 0 aliphatic carbocycles. The highest BCUT2D eigenvalue weighted by Crippen LogP contribution is 2.27. The molecule has 1 N–H and O–H groups in total. The van der Waals surface area contributed by atoms with E-state index in [0.29, 0.717) is 15.7 Å². The number of rotatable bonds is 3. The third-order valence-electron chi connectivity index (χ3n) is 2.18. The molecule has 0 bridgehead atoms. The topological polar surface area (TPSA) is 41.5 Å². The lowest BCUT2D eigenvalue weighted by atomic mass is 10.2. The first-order valence-electron chi connectivity index (χ1n) is 4.84. The number of nitrogens with zero attached hydrogens (tertiary/aromatic N) is 1. The van der Waals surface area contributed by atoms with Gasteiger partial charge in [0.25, 0.3) is 0 Å². The van der Waals surface area contributed by atoms with Gasteiger partial charge in [-0.3, -0.25) is 0 Å². The van der Waals surface area contributed by atoms with Gasteiger partial charge in [-0.15, -0.1) is 4.91 Å². The molecule has 0 amide bonds. The van der Waals surface area contributed by atoms with Crippen LogP contribution in [-0.4, -0.2) is 0 Å². The fraction of sp³-hybridized carbons (Fsp3) is 0. The molecule has 3 nitrogen and oxygen atoms in total. The summed E-state index contributed by atoms with van der Waals surface area (Å²) in [5.74, 6) is 0. The van der Waals surface area contributed by atoms with Crippen LogP contribution in [0.4, 0.5) is 17.1 Å². The Kier molecular flexibility index (Phi) is 3.61. The predicted octanol–water partition coefficient (Wildman–Crippen LogP) is 5.13. The molecule has 2 aromatic carbocycles. The van der Waals surface area contributed by atoms with E-state index in [1.807, 2.05) is 6.07 Å². The van der Waals surface area contributed by atoms with Crippen molar-refractivity contribution in [3.63, 3.8) is 0 Å². The van der Waals surface area contributed by atoms with Crippen LogP contribution < -0.4 is 5.32 Å². The van der Waals surface area contributed by atoms with Gasteiger partial charge in [-0.05, 0) is 47.6 Å². The van der Waals surface area contributed by atoms with Crippen molar-refractivity contribution in [1.29, 1.82) is 0 Å². The lowest BCUT2D eigenvalue weighted by Gasteiger charge is -2.07. The summed E-state index contributed by atoms with van der Waals surface area (Å²) < 4.78 is 0. The average molecular weight is 267 g/mol. The lowest BCUT2D eigenvalue weighted by Crippen LogP contribution is -1.89. The van der Waals surface area contributed by atoms with E-state index < -0.39 is 0 Å². The highest BCUT2D eigenvalue weighted by atomic mass is 35.5. The number of hydrogen-bond donors (Lipinski definition) is 1. The van der Waals surface area contributed by atoms with E-state index >= 15 is 0 Å². The maximum atomic E-state index is 10.3. The average Bonchev–Trinajstić information content (AvgIpc) is 2.35. The Bertz CT molecular complexity index is 541. The van der Waals surface area contributed by atoms with Gasteiger partial charge >= 0.3 is 0 Å². The van der Waals surface area contributed by atoms with Crippen LogP contribution in [0, 0.1) is 4.91 Å². The number of halogens is 2. The second kappa shape index (κ2) is 5.17. The van der Waals surface area contributed by atoms with Gasteiger partial charge in [0, 0.05) is 11.4 Å². The molecule has 2 aromatic rings. The van der Waals surface area contributed by atoms with E-state index in [2.05, 4.69) is 10.5 Å². The molecule has 0 atom stereocenters. The zero-order valence-corrected chi connectivity index (χ0v) is 10.2. The van der Waals surface area contributed by atoms with E-state index in [0.717, 1.165) is 11.4 Å². The fourth-order valence-corrected chi connectivity index (χ4v) is 1.64. The molecule has 86 valence electrons. The minimum absolute atomic E-state index is 0.393. The van der Waals surface area contributed by atoms with Crippen molar-refractivity contribution in [2.45, 2.75) is 0 Å². The molecule has 0 radical (unpaired) electrons. The number of hydrogen-bond acceptors (Lipinski definition) is 3. The Morgan fingerprint density at radius 2 is 1.53 bits per heavy atom.